The molecule has 0 spiro atoms. The first kappa shape index (κ1) is 49.0. The maximum absolute atomic E-state index is 2.94. The van der Waals surface area contributed by atoms with Crippen molar-refractivity contribution in [3.05, 3.63) is 0 Å². The number of nitrogens with zero attached hydrogens (tertiary/aromatic N) is 1. The van der Waals surface area contributed by atoms with E-state index in [-0.39, 0.29) is 0 Å². The van der Waals surface area contributed by atoms with Crippen LogP contribution in [0.4, 0.5) is 0 Å². The van der Waals surface area contributed by atoms with E-state index >= 15 is 0 Å². The molecular formula is C48H99N. The van der Waals surface area contributed by atoms with Gasteiger partial charge in [-0.25, -0.2) is 0 Å². The monoisotopic (exact) mass is 690 g/mol. The molecule has 0 aromatic rings. The van der Waals surface area contributed by atoms with Gasteiger partial charge in [0.05, 0.1) is 0 Å². The van der Waals surface area contributed by atoms with Crippen molar-refractivity contribution in [1.29, 1.82) is 0 Å². The Morgan fingerprint density at radius 2 is 0.429 bits per heavy atom. The molecule has 0 aromatic heterocycles. The summed E-state index contributed by atoms with van der Waals surface area (Å²) in [4.78, 5) is 2.94. The van der Waals surface area contributed by atoms with Gasteiger partial charge in [-0.05, 0) is 46.2 Å². The molecule has 0 N–H and O–H groups in total. The number of hydrogen-bond donors (Lipinski definition) is 0. The van der Waals surface area contributed by atoms with E-state index in [0.717, 1.165) is 0 Å². The van der Waals surface area contributed by atoms with Crippen LogP contribution in [0, 0.1) is 0 Å². The second-order valence-electron chi connectivity index (χ2n) is 17.3. The maximum atomic E-state index is 2.94. The van der Waals surface area contributed by atoms with Crippen LogP contribution in [0.3, 0.4) is 0 Å². The minimum atomic E-state index is 0.367. The Bertz CT molecular complexity index is 552. The zero-order valence-electron chi connectivity index (χ0n) is 35.6. The molecule has 0 saturated heterocycles. The molecule has 0 aromatic carbocycles. The first-order chi connectivity index (χ1) is 24.1. The maximum Gasteiger partial charge on any atom is 0.0153 e. The Hall–Kier alpha value is -0.0400. The highest BCUT2D eigenvalue weighted by Crippen LogP contribution is 2.25. The Labute approximate surface area is 314 Å². The van der Waals surface area contributed by atoms with Gasteiger partial charge in [-0.3, -0.25) is 4.90 Å². The van der Waals surface area contributed by atoms with Crippen molar-refractivity contribution in [2.75, 3.05) is 13.1 Å². The third-order valence-electron chi connectivity index (χ3n) is 11.8. The van der Waals surface area contributed by atoms with Crippen LogP contribution in [0.15, 0.2) is 0 Å². The predicted molar refractivity (Wildman–Crippen MR) is 227 cm³/mol. The molecule has 0 bridgehead atoms. The van der Waals surface area contributed by atoms with Crippen LogP contribution < -0.4 is 0 Å². The first-order valence-corrected chi connectivity index (χ1v) is 23.8. The quantitative estimate of drug-likeness (QED) is 0.0576. The summed E-state index contributed by atoms with van der Waals surface area (Å²) in [6.07, 6.45) is 58.2. The molecule has 49 heavy (non-hydrogen) atoms. The van der Waals surface area contributed by atoms with E-state index in [1.807, 2.05) is 0 Å². The van der Waals surface area contributed by atoms with Gasteiger partial charge in [0.15, 0.2) is 0 Å². The lowest BCUT2D eigenvalue weighted by Gasteiger charge is -2.39. The summed E-state index contributed by atoms with van der Waals surface area (Å²) in [5, 5.41) is 0. The fourth-order valence-corrected chi connectivity index (χ4v) is 8.09. The summed E-state index contributed by atoms with van der Waals surface area (Å²) in [6, 6.07) is 0. The molecule has 1 nitrogen and oxygen atoms in total. The summed E-state index contributed by atoms with van der Waals surface area (Å²) in [5.41, 5.74) is 0.367. The Morgan fingerprint density at radius 1 is 0.245 bits per heavy atom. The largest absolute Gasteiger partial charge is 0.298 e. The molecule has 296 valence electrons. The zero-order chi connectivity index (χ0) is 35.8. The van der Waals surface area contributed by atoms with E-state index in [9.17, 15) is 0 Å². The van der Waals surface area contributed by atoms with E-state index in [0.29, 0.717) is 5.54 Å². The summed E-state index contributed by atoms with van der Waals surface area (Å²) in [7, 11) is 0. The minimum absolute atomic E-state index is 0.367. The number of unbranched alkanes of at least 4 members (excludes halogenated alkanes) is 36. The van der Waals surface area contributed by atoms with Crippen LogP contribution in [0.25, 0.3) is 0 Å². The molecule has 0 aliphatic rings. The molecule has 0 aliphatic heterocycles. The Kier molecular flexibility index (Phi) is 40.7. The molecular weight excluding hydrogens is 591 g/mol. The number of hydrogen-bond acceptors (Lipinski definition) is 1. The van der Waals surface area contributed by atoms with E-state index in [1.165, 1.54) is 270 Å². The van der Waals surface area contributed by atoms with Crippen molar-refractivity contribution in [2.45, 2.75) is 297 Å². The van der Waals surface area contributed by atoms with E-state index in [2.05, 4.69) is 39.5 Å². The highest BCUT2D eigenvalue weighted by molar-refractivity contribution is 4.81. The molecule has 0 atom stereocenters. The van der Waals surface area contributed by atoms with E-state index in [4.69, 9.17) is 0 Å². The average molecular weight is 690 g/mol. The predicted octanol–water partition coefficient (Wildman–Crippen LogP) is 17.7. The molecule has 0 amide bonds. The number of rotatable bonds is 43. The average Bonchev–Trinajstić information content (AvgIpc) is 3.09. The zero-order valence-corrected chi connectivity index (χ0v) is 35.6. The molecule has 0 unspecified atom stereocenters. The van der Waals surface area contributed by atoms with Crippen LogP contribution in [-0.2, 0) is 0 Å². The van der Waals surface area contributed by atoms with Gasteiger partial charge in [0.1, 0.15) is 0 Å². The van der Waals surface area contributed by atoms with E-state index in [1.54, 1.807) is 0 Å². The van der Waals surface area contributed by atoms with E-state index < -0.39 is 0 Å². The van der Waals surface area contributed by atoms with Gasteiger partial charge in [0, 0.05) is 5.54 Å². The second kappa shape index (κ2) is 40.7. The summed E-state index contributed by atoms with van der Waals surface area (Å²) in [5.74, 6) is 0. The fourth-order valence-electron chi connectivity index (χ4n) is 8.09. The molecule has 0 radical (unpaired) electrons. The van der Waals surface area contributed by atoms with Gasteiger partial charge < -0.3 is 0 Å². The SMILES string of the molecule is CCCCCCCCCCCCCCCN(CCCCCCCCCCCCCCC)C(C)(C)CCCCCCCCCCCCCCC. The molecule has 0 heterocycles. The summed E-state index contributed by atoms with van der Waals surface area (Å²) in [6.45, 7) is 14.8. The van der Waals surface area contributed by atoms with Gasteiger partial charge in [0.2, 0.25) is 0 Å². The smallest absolute Gasteiger partial charge is 0.0153 e. The minimum Gasteiger partial charge on any atom is -0.298 e. The van der Waals surface area contributed by atoms with Crippen LogP contribution >= 0.6 is 0 Å². The Balaban J connectivity index is 4.21. The third kappa shape index (κ3) is 37.5. The topological polar surface area (TPSA) is 3.24 Å². The lowest BCUT2D eigenvalue weighted by Crippen LogP contribution is -2.45. The third-order valence-corrected chi connectivity index (χ3v) is 11.8. The van der Waals surface area contributed by atoms with Crippen molar-refractivity contribution < 1.29 is 0 Å². The van der Waals surface area contributed by atoms with Gasteiger partial charge in [0.25, 0.3) is 0 Å². The van der Waals surface area contributed by atoms with Gasteiger partial charge >= 0.3 is 0 Å². The molecule has 0 aliphatic carbocycles. The molecule has 0 rings (SSSR count). The molecule has 0 saturated carbocycles. The lowest BCUT2D eigenvalue weighted by molar-refractivity contribution is 0.102. The van der Waals surface area contributed by atoms with Crippen LogP contribution in [0.1, 0.15) is 291 Å². The van der Waals surface area contributed by atoms with Crippen molar-refractivity contribution in [3.63, 3.8) is 0 Å². The molecule has 1 heteroatoms. The first-order valence-electron chi connectivity index (χ1n) is 23.8. The summed E-state index contributed by atoms with van der Waals surface area (Å²) < 4.78 is 0. The van der Waals surface area contributed by atoms with Crippen molar-refractivity contribution in [1.82, 2.24) is 4.90 Å². The van der Waals surface area contributed by atoms with Crippen LogP contribution in [-0.4, -0.2) is 23.5 Å². The highest BCUT2D eigenvalue weighted by atomic mass is 15.2. The van der Waals surface area contributed by atoms with Crippen LogP contribution in [0.2, 0.25) is 0 Å². The molecule has 0 fully saturated rings. The highest BCUT2D eigenvalue weighted by Gasteiger charge is 2.25. The van der Waals surface area contributed by atoms with Crippen LogP contribution in [0.5, 0.6) is 0 Å². The Morgan fingerprint density at radius 3 is 0.653 bits per heavy atom. The standard InChI is InChI=1S/C48H99N/c1-6-9-12-15-18-21-24-27-30-33-36-39-42-45-48(4,5)49(46-43-40-37-34-31-28-25-22-19-16-13-10-7-2)47-44-41-38-35-32-29-26-23-20-17-14-11-8-3/h6-47H2,1-5H3. The summed E-state index contributed by atoms with van der Waals surface area (Å²) >= 11 is 0. The van der Waals surface area contributed by atoms with Crippen molar-refractivity contribution in [3.8, 4) is 0 Å². The lowest BCUT2D eigenvalue weighted by atomic mass is 9.92. The normalized spacial score (nSPS) is 12.1. The van der Waals surface area contributed by atoms with Gasteiger partial charge in [-0.2, -0.15) is 0 Å². The van der Waals surface area contributed by atoms with Gasteiger partial charge in [-0.1, -0.05) is 258 Å². The fraction of sp³-hybridized carbons (Fsp3) is 1.00. The van der Waals surface area contributed by atoms with Crippen molar-refractivity contribution >= 4 is 0 Å². The van der Waals surface area contributed by atoms with Crippen molar-refractivity contribution in [2.24, 2.45) is 0 Å². The second-order valence-corrected chi connectivity index (χ2v) is 17.3. The van der Waals surface area contributed by atoms with Gasteiger partial charge in [-0.15, -0.1) is 0 Å².